The lowest BCUT2D eigenvalue weighted by Crippen LogP contribution is -3.12. The van der Waals surface area contributed by atoms with Crippen molar-refractivity contribution in [2.45, 2.75) is 13.8 Å². The number of nitrogens with one attached hydrogen (secondary N) is 3. The molecular weight excluding hydrogens is 310 g/mol. The maximum Gasteiger partial charge on any atom is 0.170 e. The predicted molar refractivity (Wildman–Crippen MR) is 85.3 cm³/mol. The molecule has 0 aliphatic rings. The Morgan fingerprint density at radius 2 is 2.06 bits per heavy atom. The molecule has 0 saturated heterocycles. The van der Waals surface area contributed by atoms with Crippen molar-refractivity contribution in [3.05, 3.63) is 28.7 Å². The molecule has 0 atom stereocenters. The number of anilines is 1. The van der Waals surface area contributed by atoms with Crippen LogP contribution in [0.25, 0.3) is 0 Å². The van der Waals surface area contributed by atoms with Crippen LogP contribution in [-0.2, 0) is 0 Å². The molecule has 0 radical (unpaired) electrons. The second-order valence-corrected chi connectivity index (χ2v) is 5.42. The minimum Gasteiger partial charge on any atom is -0.357 e. The third kappa shape index (κ3) is 5.80. The van der Waals surface area contributed by atoms with Gasteiger partial charge >= 0.3 is 0 Å². The van der Waals surface area contributed by atoms with Crippen LogP contribution < -0.4 is 15.5 Å². The van der Waals surface area contributed by atoms with E-state index in [1.165, 1.54) is 0 Å². The van der Waals surface area contributed by atoms with Gasteiger partial charge in [0.2, 0.25) is 0 Å². The molecule has 0 bridgehead atoms. The molecule has 0 aliphatic carbocycles. The van der Waals surface area contributed by atoms with E-state index >= 15 is 0 Å². The third-order valence-electron chi connectivity index (χ3n) is 2.85. The fourth-order valence-electron chi connectivity index (χ4n) is 1.70. The van der Waals surface area contributed by atoms with Gasteiger partial charge in [0.05, 0.1) is 26.2 Å². The van der Waals surface area contributed by atoms with Crippen molar-refractivity contribution in [2.24, 2.45) is 0 Å². The predicted octanol–water partition coefficient (Wildman–Crippen LogP) is 1.66. The zero-order valence-corrected chi connectivity index (χ0v) is 13.3. The minimum atomic E-state index is 0.680. The Labute approximate surface area is 123 Å². The second-order valence-electron chi connectivity index (χ2n) is 4.10. The average Bonchev–Trinajstić information content (AvgIpc) is 2.34. The van der Waals surface area contributed by atoms with E-state index in [2.05, 4.69) is 40.4 Å². The van der Waals surface area contributed by atoms with Crippen molar-refractivity contribution in [2.75, 3.05) is 31.5 Å². The van der Waals surface area contributed by atoms with Crippen molar-refractivity contribution in [3.8, 4) is 0 Å². The Morgan fingerprint density at radius 3 is 2.67 bits per heavy atom. The van der Waals surface area contributed by atoms with Gasteiger partial charge in [0.15, 0.2) is 5.11 Å². The summed E-state index contributed by atoms with van der Waals surface area (Å²) in [7, 11) is 0. The molecule has 0 unspecified atom stereocenters. The third-order valence-corrected chi connectivity index (χ3v) is 3.59. The highest BCUT2D eigenvalue weighted by atomic mass is 79.9. The number of likely N-dealkylation sites (N-methyl/N-ethyl adjacent to an activating group) is 1. The molecule has 0 spiro atoms. The molecule has 5 heteroatoms. The summed E-state index contributed by atoms with van der Waals surface area (Å²) >= 11 is 8.69. The van der Waals surface area contributed by atoms with E-state index < -0.39 is 0 Å². The summed E-state index contributed by atoms with van der Waals surface area (Å²) in [4.78, 5) is 1.58. The summed E-state index contributed by atoms with van der Waals surface area (Å²) < 4.78 is 1.04. The summed E-state index contributed by atoms with van der Waals surface area (Å²) in [6, 6.07) is 7.97. The molecule has 1 rings (SSSR count). The number of hydrogen-bond donors (Lipinski definition) is 3. The van der Waals surface area contributed by atoms with Gasteiger partial charge in [0.1, 0.15) is 0 Å². The van der Waals surface area contributed by atoms with Crippen molar-refractivity contribution >= 4 is 38.9 Å². The molecule has 0 aliphatic heterocycles. The first-order chi connectivity index (χ1) is 8.65. The first-order valence-corrected chi connectivity index (χ1v) is 7.49. The highest BCUT2D eigenvalue weighted by Crippen LogP contribution is 2.15. The van der Waals surface area contributed by atoms with E-state index in [0.29, 0.717) is 5.11 Å². The van der Waals surface area contributed by atoms with Crippen LogP contribution in [-0.4, -0.2) is 31.3 Å². The van der Waals surface area contributed by atoms with E-state index in [4.69, 9.17) is 12.2 Å². The first kappa shape index (κ1) is 15.4. The normalized spacial score (nSPS) is 10.4. The quantitative estimate of drug-likeness (QED) is 0.693. The number of rotatable bonds is 6. The van der Waals surface area contributed by atoms with Gasteiger partial charge in [-0.15, -0.1) is 0 Å². The number of hydrogen-bond acceptors (Lipinski definition) is 1. The van der Waals surface area contributed by atoms with Crippen LogP contribution in [0.15, 0.2) is 28.7 Å². The summed E-state index contributed by atoms with van der Waals surface area (Å²) in [5.74, 6) is 0. The molecule has 1 aromatic carbocycles. The molecule has 3 N–H and O–H groups in total. The Bertz CT molecular complexity index is 380. The fraction of sp³-hybridized carbons (Fsp3) is 0.462. The maximum atomic E-state index is 5.26. The van der Waals surface area contributed by atoms with Crippen LogP contribution in [0, 0.1) is 0 Å². The number of quaternary nitrogens is 1. The van der Waals surface area contributed by atoms with Crippen molar-refractivity contribution in [1.29, 1.82) is 0 Å². The lowest BCUT2D eigenvalue weighted by atomic mass is 10.3. The standard InChI is InChI=1S/C13H20BrN3S/c1-3-17(4-2)9-8-15-13(18)16-12-7-5-6-11(14)10-12/h5-7,10H,3-4,8-9H2,1-2H3,(H2,15,16,18)/p+1. The zero-order chi connectivity index (χ0) is 13.4. The molecule has 1 aromatic rings. The lowest BCUT2D eigenvalue weighted by molar-refractivity contribution is -0.895. The maximum absolute atomic E-state index is 5.26. The number of halogens is 1. The van der Waals surface area contributed by atoms with E-state index in [1.54, 1.807) is 4.90 Å². The van der Waals surface area contributed by atoms with E-state index in [-0.39, 0.29) is 0 Å². The van der Waals surface area contributed by atoms with Gasteiger partial charge in [-0.25, -0.2) is 0 Å². The number of benzene rings is 1. The van der Waals surface area contributed by atoms with Crippen LogP contribution in [0.5, 0.6) is 0 Å². The largest absolute Gasteiger partial charge is 0.357 e. The Hall–Kier alpha value is -0.650. The SMILES string of the molecule is CC[NH+](CC)CCNC(=S)Nc1cccc(Br)c1. The molecule has 3 nitrogen and oxygen atoms in total. The second kappa shape index (κ2) is 8.45. The van der Waals surface area contributed by atoms with Gasteiger partial charge in [-0.1, -0.05) is 22.0 Å². The van der Waals surface area contributed by atoms with Crippen LogP contribution in [0.1, 0.15) is 13.8 Å². The van der Waals surface area contributed by atoms with Gasteiger partial charge in [-0.3, -0.25) is 0 Å². The monoisotopic (exact) mass is 330 g/mol. The van der Waals surface area contributed by atoms with Crippen LogP contribution in [0.3, 0.4) is 0 Å². The Kier molecular flexibility index (Phi) is 7.23. The molecule has 100 valence electrons. The van der Waals surface area contributed by atoms with Crippen molar-refractivity contribution < 1.29 is 4.90 Å². The number of thiocarbonyl (C=S) groups is 1. The fourth-order valence-corrected chi connectivity index (χ4v) is 2.32. The van der Waals surface area contributed by atoms with Crippen molar-refractivity contribution in [3.63, 3.8) is 0 Å². The van der Waals surface area contributed by atoms with Crippen LogP contribution in [0.2, 0.25) is 0 Å². The average molecular weight is 331 g/mol. The lowest BCUT2D eigenvalue weighted by Gasteiger charge is -2.16. The van der Waals surface area contributed by atoms with E-state index in [1.807, 2.05) is 24.3 Å². The Balaban J connectivity index is 2.29. The first-order valence-electron chi connectivity index (χ1n) is 6.29. The molecule has 0 amide bonds. The summed E-state index contributed by atoms with van der Waals surface area (Å²) in [5.41, 5.74) is 0.997. The summed E-state index contributed by atoms with van der Waals surface area (Å²) in [5, 5.41) is 7.09. The van der Waals surface area contributed by atoms with Gasteiger partial charge in [0.25, 0.3) is 0 Å². The molecular formula is C13H21BrN3S+. The topological polar surface area (TPSA) is 28.5 Å². The van der Waals surface area contributed by atoms with Gasteiger partial charge in [0, 0.05) is 10.2 Å². The zero-order valence-electron chi connectivity index (χ0n) is 10.9. The van der Waals surface area contributed by atoms with Gasteiger partial charge in [-0.05, 0) is 44.3 Å². The van der Waals surface area contributed by atoms with Crippen LogP contribution >= 0.6 is 28.1 Å². The van der Waals surface area contributed by atoms with Crippen molar-refractivity contribution in [1.82, 2.24) is 5.32 Å². The van der Waals surface area contributed by atoms with E-state index in [9.17, 15) is 0 Å². The summed E-state index contributed by atoms with van der Waals surface area (Å²) in [6.45, 7) is 8.71. The smallest absolute Gasteiger partial charge is 0.170 e. The molecule has 0 saturated carbocycles. The molecule has 0 heterocycles. The van der Waals surface area contributed by atoms with E-state index in [0.717, 1.165) is 36.3 Å². The molecule has 0 fully saturated rings. The van der Waals surface area contributed by atoms with Crippen LogP contribution in [0.4, 0.5) is 5.69 Å². The molecule has 0 aromatic heterocycles. The van der Waals surface area contributed by atoms with Gasteiger partial charge in [-0.2, -0.15) is 0 Å². The highest BCUT2D eigenvalue weighted by molar-refractivity contribution is 9.10. The highest BCUT2D eigenvalue weighted by Gasteiger charge is 2.02. The summed E-state index contributed by atoms with van der Waals surface area (Å²) in [6.07, 6.45) is 0. The Morgan fingerprint density at radius 1 is 1.33 bits per heavy atom. The molecule has 18 heavy (non-hydrogen) atoms. The van der Waals surface area contributed by atoms with Gasteiger partial charge < -0.3 is 15.5 Å². The minimum absolute atomic E-state index is 0.680.